The Kier molecular flexibility index (Phi) is 4.89. The molecule has 0 radical (unpaired) electrons. The summed E-state index contributed by atoms with van der Waals surface area (Å²) >= 11 is 7.49. The molecule has 3 aromatic rings. The number of halogens is 1. The number of carbonyl (C=O) groups is 1. The van der Waals surface area contributed by atoms with Crippen LogP contribution in [0.25, 0.3) is 0 Å². The number of carbonyl (C=O) groups excluding carboxylic acids is 1. The van der Waals surface area contributed by atoms with E-state index < -0.39 is 6.10 Å². The summed E-state index contributed by atoms with van der Waals surface area (Å²) in [6.45, 7) is 0.243. The molecule has 1 amide bonds. The summed E-state index contributed by atoms with van der Waals surface area (Å²) in [4.78, 5) is 15.6. The van der Waals surface area contributed by atoms with Crippen molar-refractivity contribution in [1.29, 1.82) is 0 Å². The highest BCUT2D eigenvalue weighted by Crippen LogP contribution is 2.41. The molecule has 1 saturated heterocycles. The first kappa shape index (κ1) is 18.8. The van der Waals surface area contributed by atoms with Crippen molar-refractivity contribution in [3.05, 3.63) is 69.1 Å². The highest BCUT2D eigenvalue weighted by atomic mass is 35.5. The lowest BCUT2D eigenvalue weighted by atomic mass is 9.90. The summed E-state index contributed by atoms with van der Waals surface area (Å²) in [6.07, 6.45) is 4.12. The number of thiophene rings is 1. The fraction of sp³-hybridized carbons (Fsp3) is 0.381. The normalized spacial score (nSPS) is 24.6. The number of hydrogen-bond donors (Lipinski definition) is 1. The Balaban J connectivity index is 1.47. The van der Waals surface area contributed by atoms with Crippen molar-refractivity contribution < 1.29 is 9.90 Å². The summed E-state index contributed by atoms with van der Waals surface area (Å²) < 4.78 is 1.79. The number of likely N-dealkylation sites (tertiary alicyclic amines) is 1. The minimum Gasteiger partial charge on any atom is -0.389 e. The van der Waals surface area contributed by atoms with E-state index in [0.29, 0.717) is 22.2 Å². The molecule has 1 saturated carbocycles. The van der Waals surface area contributed by atoms with E-state index in [2.05, 4.69) is 10.3 Å². The van der Waals surface area contributed by atoms with Crippen LogP contribution in [0.4, 0.5) is 0 Å². The minimum absolute atomic E-state index is 0.0605. The van der Waals surface area contributed by atoms with Crippen LogP contribution in [0.2, 0.25) is 5.02 Å². The van der Waals surface area contributed by atoms with Crippen molar-refractivity contribution in [1.82, 2.24) is 19.9 Å². The van der Waals surface area contributed by atoms with Gasteiger partial charge in [0, 0.05) is 23.7 Å². The number of piperidine rings is 1. The molecule has 3 atom stereocenters. The van der Waals surface area contributed by atoms with Crippen LogP contribution in [0.5, 0.6) is 0 Å². The molecule has 3 heterocycles. The van der Waals surface area contributed by atoms with Crippen LogP contribution < -0.4 is 0 Å². The van der Waals surface area contributed by atoms with Gasteiger partial charge < -0.3 is 10.0 Å². The van der Waals surface area contributed by atoms with Crippen LogP contribution in [0.15, 0.2) is 48.0 Å². The van der Waals surface area contributed by atoms with Gasteiger partial charge in [-0.3, -0.25) is 4.79 Å². The number of aliphatic hydroxyl groups excluding tert-OH is 1. The maximum Gasteiger partial charge on any atom is 0.264 e. The zero-order valence-electron chi connectivity index (χ0n) is 15.7. The Morgan fingerprint density at radius 2 is 2.00 bits per heavy atom. The number of rotatable bonds is 4. The Labute approximate surface area is 177 Å². The number of hydrogen-bond acceptors (Lipinski definition) is 5. The SMILES string of the molecule is O=C(c1cccs1)N1C[C@@H](O)[C@@H](n2cc(C3CC3)nn2)C[C@@H]1c1ccc(Cl)cc1. The van der Waals surface area contributed by atoms with Crippen LogP contribution in [-0.4, -0.2) is 43.6 Å². The van der Waals surface area contributed by atoms with Gasteiger partial charge in [0.15, 0.2) is 0 Å². The molecule has 0 unspecified atom stereocenters. The van der Waals surface area contributed by atoms with Gasteiger partial charge in [-0.2, -0.15) is 0 Å². The molecule has 1 aliphatic heterocycles. The van der Waals surface area contributed by atoms with Crippen LogP contribution in [0, 0.1) is 0 Å². The Bertz CT molecular complexity index is 1000. The number of benzene rings is 1. The van der Waals surface area contributed by atoms with Gasteiger partial charge in [-0.15, -0.1) is 16.4 Å². The van der Waals surface area contributed by atoms with Gasteiger partial charge >= 0.3 is 0 Å². The molecule has 1 aliphatic carbocycles. The highest BCUT2D eigenvalue weighted by Gasteiger charge is 2.40. The molecule has 5 rings (SSSR count). The average Bonchev–Trinajstić information content (AvgIpc) is 3.22. The molecule has 6 nitrogen and oxygen atoms in total. The third-order valence-corrected chi connectivity index (χ3v) is 6.89. The lowest BCUT2D eigenvalue weighted by Crippen LogP contribution is -2.49. The van der Waals surface area contributed by atoms with Gasteiger partial charge in [0.1, 0.15) is 0 Å². The summed E-state index contributed by atoms with van der Waals surface area (Å²) in [5.41, 5.74) is 2.00. The molecule has 2 aliphatic rings. The molecule has 29 heavy (non-hydrogen) atoms. The van der Waals surface area contributed by atoms with Gasteiger partial charge in [0.05, 0.1) is 28.8 Å². The smallest absolute Gasteiger partial charge is 0.264 e. The maximum absolute atomic E-state index is 13.2. The summed E-state index contributed by atoms with van der Waals surface area (Å²) in [5.74, 6) is 0.447. The van der Waals surface area contributed by atoms with E-state index >= 15 is 0 Å². The zero-order valence-corrected chi connectivity index (χ0v) is 17.3. The molecular formula is C21H21ClN4O2S. The van der Waals surface area contributed by atoms with Crippen LogP contribution in [-0.2, 0) is 0 Å². The lowest BCUT2D eigenvalue weighted by Gasteiger charge is -2.42. The van der Waals surface area contributed by atoms with Gasteiger partial charge in [0.25, 0.3) is 5.91 Å². The lowest BCUT2D eigenvalue weighted by molar-refractivity contribution is -0.00384. The van der Waals surface area contributed by atoms with Crippen LogP contribution >= 0.6 is 22.9 Å². The second-order valence-corrected chi connectivity index (χ2v) is 9.15. The first-order chi connectivity index (χ1) is 14.1. The molecule has 0 bridgehead atoms. The van der Waals surface area contributed by atoms with Gasteiger partial charge in [-0.1, -0.05) is 35.0 Å². The van der Waals surface area contributed by atoms with E-state index in [-0.39, 0.29) is 24.5 Å². The number of amides is 1. The van der Waals surface area contributed by atoms with Crippen molar-refractivity contribution in [2.75, 3.05) is 6.54 Å². The Morgan fingerprint density at radius 1 is 1.21 bits per heavy atom. The van der Waals surface area contributed by atoms with Gasteiger partial charge in [-0.25, -0.2) is 4.68 Å². The monoisotopic (exact) mass is 428 g/mol. The third kappa shape index (κ3) is 3.70. The van der Waals surface area contributed by atoms with Crippen LogP contribution in [0.1, 0.15) is 58.2 Å². The Morgan fingerprint density at radius 3 is 2.69 bits per heavy atom. The average molecular weight is 429 g/mol. The van der Waals surface area contributed by atoms with E-state index in [4.69, 9.17) is 11.6 Å². The molecule has 2 aromatic heterocycles. The number of β-amino-alcohol motifs (C(OH)–C–C–N with tert-alkyl or cyclic N) is 1. The minimum atomic E-state index is -0.712. The standard InChI is InChI=1S/C21H21ClN4O2S/c22-15-7-5-14(6-8-15)17-10-18(26-11-16(23-24-26)13-3-4-13)19(27)12-25(17)21(28)20-2-1-9-29-20/h1-2,5-9,11,13,17-19,27H,3-4,10,12H2/t17-,18+,19-/m1/s1. The first-order valence-electron chi connectivity index (χ1n) is 9.80. The van der Waals surface area contributed by atoms with Crippen LogP contribution in [0.3, 0.4) is 0 Å². The van der Waals surface area contributed by atoms with Crippen molar-refractivity contribution in [3.63, 3.8) is 0 Å². The maximum atomic E-state index is 13.2. The van der Waals surface area contributed by atoms with Crippen molar-refractivity contribution in [2.24, 2.45) is 0 Å². The highest BCUT2D eigenvalue weighted by molar-refractivity contribution is 7.12. The molecule has 150 valence electrons. The predicted octanol–water partition coefficient (Wildman–Crippen LogP) is 4.06. The van der Waals surface area contributed by atoms with E-state index in [1.165, 1.54) is 11.3 Å². The van der Waals surface area contributed by atoms with E-state index in [0.717, 1.165) is 24.1 Å². The number of nitrogens with zero attached hydrogens (tertiary/aromatic N) is 4. The number of aliphatic hydroxyl groups is 1. The third-order valence-electron chi connectivity index (χ3n) is 5.78. The Hall–Kier alpha value is -2.22. The topological polar surface area (TPSA) is 71.2 Å². The molecular weight excluding hydrogens is 408 g/mol. The summed E-state index contributed by atoms with van der Waals surface area (Å²) in [5, 5.41) is 22.1. The van der Waals surface area contributed by atoms with Gasteiger partial charge in [-0.05, 0) is 48.4 Å². The summed E-state index contributed by atoms with van der Waals surface area (Å²) in [7, 11) is 0. The van der Waals surface area contributed by atoms with Crippen molar-refractivity contribution in [3.8, 4) is 0 Å². The van der Waals surface area contributed by atoms with Crippen molar-refractivity contribution in [2.45, 2.75) is 43.4 Å². The van der Waals surface area contributed by atoms with Gasteiger partial charge in [0.2, 0.25) is 0 Å². The molecule has 8 heteroatoms. The number of aromatic nitrogens is 3. The molecule has 0 spiro atoms. The predicted molar refractivity (Wildman–Crippen MR) is 111 cm³/mol. The molecule has 1 N–H and O–H groups in total. The quantitative estimate of drug-likeness (QED) is 0.680. The first-order valence-corrected chi connectivity index (χ1v) is 11.1. The fourth-order valence-electron chi connectivity index (χ4n) is 4.03. The van der Waals surface area contributed by atoms with E-state index in [1.807, 2.05) is 48.0 Å². The molecule has 1 aromatic carbocycles. The van der Waals surface area contributed by atoms with E-state index in [1.54, 1.807) is 9.58 Å². The second-order valence-electron chi connectivity index (χ2n) is 7.77. The fourth-order valence-corrected chi connectivity index (χ4v) is 4.84. The second kappa shape index (κ2) is 7.55. The van der Waals surface area contributed by atoms with Crippen molar-refractivity contribution >= 4 is 28.8 Å². The summed E-state index contributed by atoms with van der Waals surface area (Å²) in [6, 6.07) is 10.9. The largest absolute Gasteiger partial charge is 0.389 e. The van der Waals surface area contributed by atoms with E-state index in [9.17, 15) is 9.90 Å². The molecule has 2 fully saturated rings. The zero-order chi connectivity index (χ0) is 20.0.